The Bertz CT molecular complexity index is 1920. The van der Waals surface area contributed by atoms with Crippen molar-refractivity contribution < 1.29 is 52.2 Å². The number of aliphatic hydroxyl groups is 1. The number of phosphoric acid groups is 1. The predicted molar refractivity (Wildman–Crippen MR) is 353 cm³/mol. The lowest BCUT2D eigenvalue weighted by Gasteiger charge is -2.21. The number of unbranched alkanes of at least 4 members (excludes halogenated alkanes) is 21. The van der Waals surface area contributed by atoms with E-state index in [1.165, 1.54) is 83.5 Å². The fourth-order valence-corrected chi connectivity index (χ4v) is 9.36. The van der Waals surface area contributed by atoms with Crippen molar-refractivity contribution in [3.8, 4) is 0 Å². The lowest BCUT2D eigenvalue weighted by atomic mass is 10.1. The van der Waals surface area contributed by atoms with Crippen molar-refractivity contribution >= 4 is 25.7 Å². The maximum atomic E-state index is 13.0. The molecule has 0 aromatic carbocycles. The molecule has 0 fully saturated rings. The van der Waals surface area contributed by atoms with Gasteiger partial charge in [-0.1, -0.05) is 244 Å². The average molecular weight is 1190 g/mol. The summed E-state index contributed by atoms with van der Waals surface area (Å²) >= 11 is 0. The molecule has 11 nitrogen and oxygen atoms in total. The van der Waals surface area contributed by atoms with E-state index in [9.17, 15) is 28.9 Å². The fourth-order valence-electron chi connectivity index (χ4n) is 8.58. The van der Waals surface area contributed by atoms with Gasteiger partial charge < -0.3 is 24.2 Å². The fraction of sp³-hybridized carbons (Fsp3) is 0.653. The molecular weight excluding hydrogens is 1070 g/mol. The van der Waals surface area contributed by atoms with Crippen LogP contribution in [0.5, 0.6) is 0 Å². The third-order valence-electron chi connectivity index (χ3n) is 13.5. The van der Waals surface area contributed by atoms with Crippen LogP contribution < -0.4 is 0 Å². The summed E-state index contributed by atoms with van der Waals surface area (Å²) in [5.74, 6) is -1.55. The molecule has 0 amide bonds. The predicted octanol–water partition coefficient (Wildman–Crippen LogP) is 20.5. The largest absolute Gasteiger partial charge is 0.472 e. The summed E-state index contributed by atoms with van der Waals surface area (Å²) < 4.78 is 39.7. The minimum absolute atomic E-state index is 0.119. The maximum Gasteiger partial charge on any atom is 0.472 e. The SMILES string of the molecule is CC/C=C\C/C=C\C/C=C\C/C=C\C/C=C\CCCCCC(=O)OC(CO)COP(=O)(O)OCC(COC(=O)CCCCCCCCCCC/C=C\CCCCCCCC)OC(=O)CCCCC/C=C\C/C=C\C/C=C\C/C=C\C/C=C\CC. The Balaban J connectivity index is 4.80. The molecule has 0 aliphatic carbocycles. The van der Waals surface area contributed by atoms with Gasteiger partial charge in [-0.05, 0) is 135 Å². The Labute approximate surface area is 512 Å². The second-order valence-electron chi connectivity index (χ2n) is 21.5. The van der Waals surface area contributed by atoms with E-state index in [0.717, 1.165) is 122 Å². The van der Waals surface area contributed by atoms with Crippen molar-refractivity contribution in [2.45, 2.75) is 277 Å². The van der Waals surface area contributed by atoms with Crippen molar-refractivity contribution in [1.82, 2.24) is 0 Å². The maximum absolute atomic E-state index is 13.0. The number of carbonyl (C=O) groups excluding carboxylic acids is 3. The monoisotopic (exact) mass is 1190 g/mol. The molecule has 0 aliphatic rings. The van der Waals surface area contributed by atoms with E-state index in [1.807, 2.05) is 0 Å². The first-order chi connectivity index (χ1) is 41.2. The molecule has 3 atom stereocenters. The van der Waals surface area contributed by atoms with Crippen molar-refractivity contribution in [2.75, 3.05) is 26.4 Å². The molecular formula is C72H119O11P. The van der Waals surface area contributed by atoms with Gasteiger partial charge in [0, 0.05) is 19.3 Å². The summed E-state index contributed by atoms with van der Waals surface area (Å²) in [6.45, 7) is 4.35. The minimum atomic E-state index is -4.78. The van der Waals surface area contributed by atoms with E-state index in [2.05, 4.69) is 154 Å². The summed E-state index contributed by atoms with van der Waals surface area (Å²) in [6.07, 6.45) is 82.6. The van der Waals surface area contributed by atoms with E-state index in [1.54, 1.807) is 0 Å². The van der Waals surface area contributed by atoms with Crippen LogP contribution in [0.4, 0.5) is 0 Å². The topological polar surface area (TPSA) is 155 Å². The number of esters is 3. The summed E-state index contributed by atoms with van der Waals surface area (Å²) in [6, 6.07) is 0. The van der Waals surface area contributed by atoms with E-state index >= 15 is 0 Å². The molecule has 478 valence electrons. The lowest BCUT2D eigenvalue weighted by Crippen LogP contribution is -2.30. The number of rotatable bonds is 60. The molecule has 12 heteroatoms. The van der Waals surface area contributed by atoms with Crippen LogP contribution >= 0.6 is 7.82 Å². The first-order valence-corrected chi connectivity index (χ1v) is 34.6. The zero-order chi connectivity index (χ0) is 61.2. The average Bonchev–Trinajstić information content (AvgIpc) is 3.54. The Morgan fingerprint density at radius 1 is 0.345 bits per heavy atom. The van der Waals surface area contributed by atoms with Crippen molar-refractivity contribution in [2.24, 2.45) is 0 Å². The van der Waals surface area contributed by atoms with Gasteiger partial charge in [0.25, 0.3) is 0 Å². The number of carbonyl (C=O) groups is 3. The Morgan fingerprint density at radius 2 is 0.619 bits per heavy atom. The van der Waals surface area contributed by atoms with Gasteiger partial charge in [-0.3, -0.25) is 23.4 Å². The van der Waals surface area contributed by atoms with Gasteiger partial charge >= 0.3 is 25.7 Å². The lowest BCUT2D eigenvalue weighted by molar-refractivity contribution is -0.161. The molecule has 0 aromatic rings. The third kappa shape index (κ3) is 62.2. The molecule has 0 heterocycles. The number of hydrogen-bond acceptors (Lipinski definition) is 10. The zero-order valence-electron chi connectivity index (χ0n) is 53.1. The molecule has 0 saturated heterocycles. The van der Waals surface area contributed by atoms with Gasteiger partial charge in [0.05, 0.1) is 19.8 Å². The van der Waals surface area contributed by atoms with Gasteiger partial charge in [0.15, 0.2) is 6.10 Å². The van der Waals surface area contributed by atoms with Crippen LogP contribution in [0.25, 0.3) is 0 Å². The van der Waals surface area contributed by atoms with Crippen LogP contribution in [0.1, 0.15) is 265 Å². The van der Waals surface area contributed by atoms with E-state index < -0.39 is 57.8 Å². The smallest absolute Gasteiger partial charge is 0.462 e. The van der Waals surface area contributed by atoms with Crippen LogP contribution in [-0.4, -0.2) is 66.5 Å². The molecule has 0 aromatic heterocycles. The molecule has 0 radical (unpaired) electrons. The highest BCUT2D eigenvalue weighted by molar-refractivity contribution is 7.47. The Morgan fingerprint density at radius 3 is 0.976 bits per heavy atom. The van der Waals surface area contributed by atoms with Crippen LogP contribution in [0.3, 0.4) is 0 Å². The highest BCUT2D eigenvalue weighted by Crippen LogP contribution is 2.43. The molecule has 0 bridgehead atoms. The van der Waals surface area contributed by atoms with Gasteiger partial charge in [-0.25, -0.2) is 4.57 Å². The van der Waals surface area contributed by atoms with Gasteiger partial charge in [-0.2, -0.15) is 0 Å². The summed E-state index contributed by atoms with van der Waals surface area (Å²) in [7, 11) is -4.78. The van der Waals surface area contributed by atoms with Gasteiger partial charge in [0.2, 0.25) is 0 Å². The Kier molecular flexibility index (Phi) is 61.2. The first-order valence-electron chi connectivity index (χ1n) is 33.1. The summed E-state index contributed by atoms with van der Waals surface area (Å²) in [5.41, 5.74) is 0. The molecule has 0 aliphatic heterocycles. The number of hydrogen-bond donors (Lipinski definition) is 2. The third-order valence-corrected chi connectivity index (χ3v) is 14.5. The Hall–Kier alpha value is -4.38. The zero-order valence-corrected chi connectivity index (χ0v) is 54.0. The van der Waals surface area contributed by atoms with Gasteiger partial charge in [0.1, 0.15) is 12.7 Å². The van der Waals surface area contributed by atoms with Gasteiger partial charge in [-0.15, -0.1) is 0 Å². The molecule has 0 spiro atoms. The molecule has 0 saturated carbocycles. The number of ether oxygens (including phenoxy) is 3. The molecule has 0 rings (SSSR count). The van der Waals surface area contributed by atoms with E-state index in [4.69, 9.17) is 23.3 Å². The van der Waals surface area contributed by atoms with E-state index in [-0.39, 0.29) is 25.9 Å². The van der Waals surface area contributed by atoms with Crippen LogP contribution in [0, 0.1) is 0 Å². The number of allylic oxidation sites excluding steroid dienone is 22. The van der Waals surface area contributed by atoms with Crippen molar-refractivity contribution in [3.05, 3.63) is 134 Å². The summed E-state index contributed by atoms with van der Waals surface area (Å²) in [4.78, 5) is 48.8. The van der Waals surface area contributed by atoms with Crippen molar-refractivity contribution in [3.63, 3.8) is 0 Å². The number of phosphoric ester groups is 1. The standard InChI is InChI=1S/C72H119O11P/c1-4-7-10-13-16-19-22-25-28-31-34-37-40-43-46-49-52-55-58-61-70(74)79-65-69(83-72(76)63-60-57-54-51-48-45-42-39-36-33-30-27-24-21-18-15-12-9-6-3)67-81-84(77,78)80-66-68(64-73)82-71(75)62-59-56-53-50-47-44-41-38-35-32-29-26-23-20-17-14-11-8-5-2/h8-9,11-12,17-18,20-21,25-30,35-36,38-39,44-45,47-48,68-69,73H,4-7,10,13-16,19,22-24,31-34,37,40-43,46,49-67H2,1-3H3,(H,77,78)/b11-8-,12-9-,20-17-,21-18-,28-25-,29-26-,30-27-,38-35-,39-36-,47-44-,48-45-. The molecule has 2 N–H and O–H groups in total. The molecule has 3 unspecified atom stereocenters. The van der Waals surface area contributed by atoms with Crippen LogP contribution in [0.2, 0.25) is 0 Å². The molecule has 84 heavy (non-hydrogen) atoms. The minimum Gasteiger partial charge on any atom is -0.462 e. The quantitative estimate of drug-likeness (QED) is 0.0197. The second kappa shape index (κ2) is 64.6. The highest BCUT2D eigenvalue weighted by atomic mass is 31.2. The van der Waals surface area contributed by atoms with Crippen LogP contribution in [-0.2, 0) is 42.2 Å². The first kappa shape index (κ1) is 79.6. The van der Waals surface area contributed by atoms with Crippen LogP contribution in [0.15, 0.2) is 134 Å². The number of aliphatic hydroxyl groups excluding tert-OH is 1. The summed E-state index contributed by atoms with van der Waals surface area (Å²) in [5, 5.41) is 9.86. The second-order valence-corrected chi connectivity index (χ2v) is 23.0. The normalized spacial score (nSPS) is 14.1. The van der Waals surface area contributed by atoms with Crippen molar-refractivity contribution in [1.29, 1.82) is 0 Å². The van der Waals surface area contributed by atoms with E-state index in [0.29, 0.717) is 19.3 Å². The highest BCUT2D eigenvalue weighted by Gasteiger charge is 2.28.